The normalized spacial score (nSPS) is 10.4. The lowest BCUT2D eigenvalue weighted by atomic mass is 10.1. The molecule has 104 valence electrons. The molecule has 2 N–H and O–H groups in total. The van der Waals surface area contributed by atoms with E-state index in [2.05, 4.69) is 4.74 Å². The van der Waals surface area contributed by atoms with Crippen LogP contribution in [0, 0.1) is 12.7 Å². The highest BCUT2D eigenvalue weighted by molar-refractivity contribution is 5.92. The van der Waals surface area contributed by atoms with Crippen molar-refractivity contribution in [3.8, 4) is 0 Å². The second kappa shape index (κ2) is 6.17. The molecule has 0 bridgehead atoms. The fourth-order valence-corrected chi connectivity index (χ4v) is 1.45. The van der Waals surface area contributed by atoms with E-state index in [0.717, 1.165) is 0 Å². The lowest BCUT2D eigenvalue weighted by Crippen LogP contribution is -2.20. The molecule has 0 radical (unpaired) electrons. The summed E-state index contributed by atoms with van der Waals surface area (Å²) >= 11 is 0. The van der Waals surface area contributed by atoms with Crippen molar-refractivity contribution in [2.24, 2.45) is 0 Å². The zero-order chi connectivity index (χ0) is 14.6. The standard InChI is InChI=1S/C13H16FNO4/c1-7(2)19-11(16)6-18-13(17)10-5-9(15)4-8(3)12(10)14/h4-5,7H,6,15H2,1-3H3. The van der Waals surface area contributed by atoms with Gasteiger partial charge < -0.3 is 15.2 Å². The third kappa shape index (κ3) is 4.24. The number of halogens is 1. The number of anilines is 1. The van der Waals surface area contributed by atoms with Crippen molar-refractivity contribution in [3.63, 3.8) is 0 Å². The highest BCUT2D eigenvalue weighted by atomic mass is 19.1. The molecule has 0 spiro atoms. The number of carbonyl (C=O) groups excluding carboxylic acids is 2. The third-order valence-corrected chi connectivity index (χ3v) is 2.19. The number of benzene rings is 1. The van der Waals surface area contributed by atoms with Crippen molar-refractivity contribution < 1.29 is 23.5 Å². The SMILES string of the molecule is Cc1cc(N)cc(C(=O)OCC(=O)OC(C)C)c1F. The Kier molecular flexibility index (Phi) is 4.86. The van der Waals surface area contributed by atoms with Crippen LogP contribution in [-0.4, -0.2) is 24.6 Å². The number of ether oxygens (including phenoxy) is 2. The molecule has 0 aliphatic carbocycles. The molecule has 1 rings (SSSR count). The fraction of sp³-hybridized carbons (Fsp3) is 0.385. The number of rotatable bonds is 4. The topological polar surface area (TPSA) is 78.6 Å². The summed E-state index contributed by atoms with van der Waals surface area (Å²) in [5.74, 6) is -2.35. The van der Waals surface area contributed by atoms with Gasteiger partial charge in [-0.05, 0) is 38.5 Å². The Bertz CT molecular complexity index is 500. The minimum Gasteiger partial charge on any atom is -0.460 e. The van der Waals surface area contributed by atoms with Gasteiger partial charge in [0.05, 0.1) is 11.7 Å². The molecule has 0 amide bonds. The molecule has 0 saturated heterocycles. The summed E-state index contributed by atoms with van der Waals surface area (Å²) in [6.45, 7) is 4.25. The van der Waals surface area contributed by atoms with Gasteiger partial charge in [-0.3, -0.25) is 0 Å². The van der Waals surface area contributed by atoms with Crippen LogP contribution < -0.4 is 5.73 Å². The van der Waals surface area contributed by atoms with E-state index in [1.54, 1.807) is 13.8 Å². The maximum Gasteiger partial charge on any atom is 0.344 e. The molecule has 1 aromatic rings. The fourth-order valence-electron chi connectivity index (χ4n) is 1.45. The van der Waals surface area contributed by atoms with E-state index in [-0.39, 0.29) is 22.9 Å². The minimum atomic E-state index is -0.950. The van der Waals surface area contributed by atoms with Crippen LogP contribution in [0.25, 0.3) is 0 Å². The Labute approximate surface area is 110 Å². The first-order valence-electron chi connectivity index (χ1n) is 5.73. The molecule has 0 aliphatic heterocycles. The Morgan fingerprint density at radius 3 is 2.58 bits per heavy atom. The number of nitrogen functional groups attached to an aromatic ring is 1. The van der Waals surface area contributed by atoms with Gasteiger partial charge in [-0.25, -0.2) is 14.0 Å². The van der Waals surface area contributed by atoms with Crippen molar-refractivity contribution in [2.75, 3.05) is 12.3 Å². The third-order valence-electron chi connectivity index (χ3n) is 2.19. The van der Waals surface area contributed by atoms with Gasteiger partial charge in [0.25, 0.3) is 0 Å². The molecular weight excluding hydrogens is 253 g/mol. The molecule has 0 unspecified atom stereocenters. The van der Waals surface area contributed by atoms with Crippen molar-refractivity contribution in [2.45, 2.75) is 26.9 Å². The summed E-state index contributed by atoms with van der Waals surface area (Å²) in [5.41, 5.74) is 5.70. The maximum absolute atomic E-state index is 13.7. The van der Waals surface area contributed by atoms with E-state index in [4.69, 9.17) is 10.5 Å². The zero-order valence-electron chi connectivity index (χ0n) is 11.0. The van der Waals surface area contributed by atoms with Gasteiger partial charge in [0, 0.05) is 5.69 Å². The average molecular weight is 269 g/mol. The second-order valence-electron chi connectivity index (χ2n) is 4.31. The van der Waals surface area contributed by atoms with Crippen molar-refractivity contribution >= 4 is 17.6 Å². The summed E-state index contributed by atoms with van der Waals surface area (Å²) in [7, 11) is 0. The smallest absolute Gasteiger partial charge is 0.344 e. The average Bonchev–Trinajstić information content (AvgIpc) is 2.29. The van der Waals surface area contributed by atoms with Gasteiger partial charge in [-0.1, -0.05) is 0 Å². The molecule has 0 saturated carbocycles. The molecule has 0 atom stereocenters. The number of nitrogens with two attached hydrogens (primary N) is 1. The number of hydrogen-bond donors (Lipinski definition) is 1. The molecule has 0 aromatic heterocycles. The van der Waals surface area contributed by atoms with Gasteiger partial charge in [0.15, 0.2) is 6.61 Å². The van der Waals surface area contributed by atoms with Crippen LogP contribution in [0.3, 0.4) is 0 Å². The van der Waals surface area contributed by atoms with Gasteiger partial charge in [0.1, 0.15) is 5.82 Å². The van der Waals surface area contributed by atoms with E-state index in [0.29, 0.717) is 0 Å². The van der Waals surface area contributed by atoms with Crippen LogP contribution in [0.1, 0.15) is 29.8 Å². The highest BCUT2D eigenvalue weighted by Gasteiger charge is 2.18. The van der Waals surface area contributed by atoms with Gasteiger partial charge in [0.2, 0.25) is 0 Å². The quantitative estimate of drug-likeness (QED) is 0.666. The van der Waals surface area contributed by atoms with Crippen LogP contribution in [0.4, 0.5) is 10.1 Å². The summed E-state index contributed by atoms with van der Waals surface area (Å²) in [4.78, 5) is 22.8. The van der Waals surface area contributed by atoms with Gasteiger partial charge in [-0.15, -0.1) is 0 Å². The largest absolute Gasteiger partial charge is 0.460 e. The van der Waals surface area contributed by atoms with Crippen LogP contribution in [0.15, 0.2) is 12.1 Å². The predicted molar refractivity (Wildman–Crippen MR) is 67.1 cm³/mol. The molecule has 0 fully saturated rings. The number of esters is 2. The molecule has 19 heavy (non-hydrogen) atoms. The van der Waals surface area contributed by atoms with E-state index in [1.165, 1.54) is 19.1 Å². The minimum absolute atomic E-state index is 0.233. The zero-order valence-corrected chi connectivity index (χ0v) is 11.0. The molecular formula is C13H16FNO4. The summed E-state index contributed by atoms with van der Waals surface area (Å²) in [6.07, 6.45) is -0.308. The van der Waals surface area contributed by atoms with Crippen LogP contribution >= 0.6 is 0 Å². The molecule has 0 aliphatic rings. The molecule has 0 heterocycles. The van der Waals surface area contributed by atoms with Crippen LogP contribution in [0.5, 0.6) is 0 Å². The first-order chi connectivity index (χ1) is 8.81. The summed E-state index contributed by atoms with van der Waals surface area (Å²) in [6, 6.07) is 2.57. The molecule has 1 aromatic carbocycles. The Morgan fingerprint density at radius 1 is 1.37 bits per heavy atom. The van der Waals surface area contributed by atoms with Crippen LogP contribution in [0.2, 0.25) is 0 Å². The maximum atomic E-state index is 13.7. The van der Waals surface area contributed by atoms with E-state index in [1.807, 2.05) is 0 Å². The number of aryl methyl sites for hydroxylation is 1. The van der Waals surface area contributed by atoms with Crippen molar-refractivity contribution in [3.05, 3.63) is 29.1 Å². The van der Waals surface area contributed by atoms with E-state index >= 15 is 0 Å². The Balaban J connectivity index is 2.72. The van der Waals surface area contributed by atoms with Crippen molar-refractivity contribution in [1.82, 2.24) is 0 Å². The van der Waals surface area contributed by atoms with Gasteiger partial charge in [-0.2, -0.15) is 0 Å². The second-order valence-corrected chi connectivity index (χ2v) is 4.31. The van der Waals surface area contributed by atoms with E-state index in [9.17, 15) is 14.0 Å². The van der Waals surface area contributed by atoms with Gasteiger partial charge >= 0.3 is 11.9 Å². The van der Waals surface area contributed by atoms with Crippen LogP contribution in [-0.2, 0) is 14.3 Å². The predicted octanol–water partition coefficient (Wildman–Crippen LogP) is 1.82. The first-order valence-corrected chi connectivity index (χ1v) is 5.73. The van der Waals surface area contributed by atoms with Crippen molar-refractivity contribution in [1.29, 1.82) is 0 Å². The number of hydrogen-bond acceptors (Lipinski definition) is 5. The lowest BCUT2D eigenvalue weighted by Gasteiger charge is -2.09. The summed E-state index contributed by atoms with van der Waals surface area (Å²) in [5, 5.41) is 0. The number of carbonyl (C=O) groups is 2. The lowest BCUT2D eigenvalue weighted by molar-refractivity contribution is -0.150. The first kappa shape index (κ1) is 14.9. The Hall–Kier alpha value is -2.11. The monoisotopic (exact) mass is 269 g/mol. The summed E-state index contributed by atoms with van der Waals surface area (Å²) < 4.78 is 23.1. The van der Waals surface area contributed by atoms with E-state index < -0.39 is 24.4 Å². The Morgan fingerprint density at radius 2 is 2.00 bits per heavy atom. The molecule has 5 nitrogen and oxygen atoms in total. The highest BCUT2D eigenvalue weighted by Crippen LogP contribution is 2.17. The molecule has 6 heteroatoms.